The van der Waals surface area contributed by atoms with Crippen molar-refractivity contribution < 1.29 is 9.13 Å². The molecule has 3 N–H and O–H groups in total. The molecule has 4 rings (SSSR count). The molecule has 1 atom stereocenters. The van der Waals surface area contributed by atoms with Crippen LogP contribution in [-0.4, -0.2) is 39.4 Å². The van der Waals surface area contributed by atoms with Crippen molar-refractivity contribution in [3.8, 4) is 17.4 Å². The van der Waals surface area contributed by atoms with Crippen molar-refractivity contribution in [1.82, 2.24) is 25.5 Å². The molecule has 3 aromatic rings. The second kappa shape index (κ2) is 6.58. The van der Waals surface area contributed by atoms with E-state index in [-0.39, 0.29) is 30.2 Å². The first kappa shape index (κ1) is 16.4. The number of benzene rings is 1. The average molecular weight is 352 g/mol. The summed E-state index contributed by atoms with van der Waals surface area (Å²) < 4.78 is 20.1. The van der Waals surface area contributed by atoms with Crippen LogP contribution in [0.25, 0.3) is 22.3 Å². The van der Waals surface area contributed by atoms with Gasteiger partial charge in [-0.2, -0.15) is 5.10 Å². The number of nitrogens with zero attached hydrogens (tertiary/aromatic N) is 2. The summed E-state index contributed by atoms with van der Waals surface area (Å²) in [6, 6.07) is 6.44. The van der Waals surface area contributed by atoms with Crippen LogP contribution in [-0.2, 0) is 0 Å². The summed E-state index contributed by atoms with van der Waals surface area (Å²) in [5.41, 5.74) is -0.00833. The van der Waals surface area contributed by atoms with Gasteiger partial charge in [0.1, 0.15) is 17.6 Å². The molecule has 3 heterocycles. The van der Waals surface area contributed by atoms with Crippen molar-refractivity contribution in [2.45, 2.75) is 12.5 Å². The number of nitrogens with one attached hydrogen (secondary N) is 3. The molecule has 1 fully saturated rings. The van der Waals surface area contributed by atoms with Crippen LogP contribution in [0.4, 0.5) is 4.39 Å². The highest BCUT2D eigenvalue weighted by molar-refractivity contribution is 5.90. The van der Waals surface area contributed by atoms with Crippen molar-refractivity contribution in [1.29, 1.82) is 0 Å². The van der Waals surface area contributed by atoms with Crippen LogP contribution in [0.15, 0.2) is 29.1 Å². The Balaban J connectivity index is 0.00000169. The lowest BCUT2D eigenvalue weighted by Crippen LogP contribution is -2.20. The average Bonchev–Trinajstić information content (AvgIpc) is 3.19. The first-order valence-electron chi connectivity index (χ1n) is 7.32. The molecule has 126 valence electrons. The highest BCUT2D eigenvalue weighted by Gasteiger charge is 2.20. The molecule has 1 aromatic carbocycles. The number of pyridine rings is 1. The lowest BCUT2D eigenvalue weighted by molar-refractivity contribution is 0.217. The fourth-order valence-corrected chi connectivity index (χ4v) is 2.72. The second-order valence-corrected chi connectivity index (χ2v) is 5.41. The highest BCUT2D eigenvalue weighted by Crippen LogP contribution is 2.31. The van der Waals surface area contributed by atoms with E-state index in [2.05, 4.69) is 25.5 Å². The lowest BCUT2D eigenvalue weighted by Gasteiger charge is -2.14. The number of aromatic nitrogens is 4. The van der Waals surface area contributed by atoms with E-state index in [1.807, 2.05) is 0 Å². The van der Waals surface area contributed by atoms with Gasteiger partial charge in [0.25, 0.3) is 0 Å². The molecule has 1 saturated heterocycles. The maximum absolute atomic E-state index is 14.2. The van der Waals surface area contributed by atoms with Crippen LogP contribution in [0.2, 0.25) is 0 Å². The molecule has 0 aliphatic carbocycles. The van der Waals surface area contributed by atoms with Gasteiger partial charge in [-0.1, -0.05) is 12.1 Å². The summed E-state index contributed by atoms with van der Waals surface area (Å²) >= 11 is 0. The van der Waals surface area contributed by atoms with Crippen molar-refractivity contribution >= 4 is 23.2 Å². The number of halogens is 2. The second-order valence-electron chi connectivity index (χ2n) is 5.41. The van der Waals surface area contributed by atoms with Gasteiger partial charge in [-0.3, -0.25) is 4.98 Å². The van der Waals surface area contributed by atoms with Gasteiger partial charge >= 0.3 is 5.69 Å². The molecule has 0 spiro atoms. The van der Waals surface area contributed by atoms with Gasteiger partial charge in [0.05, 0.1) is 5.39 Å². The number of rotatable bonds is 3. The van der Waals surface area contributed by atoms with E-state index in [0.717, 1.165) is 13.0 Å². The van der Waals surface area contributed by atoms with Gasteiger partial charge in [0.15, 0.2) is 5.82 Å². The van der Waals surface area contributed by atoms with Gasteiger partial charge in [0.2, 0.25) is 5.88 Å². The molecule has 0 radical (unpaired) electrons. The minimum Gasteiger partial charge on any atom is -0.472 e. The Morgan fingerprint density at radius 3 is 2.92 bits per heavy atom. The fraction of sp³-hybridized carbons (Fsp3) is 0.267. The molecular formula is C15H15ClFN5O2. The predicted octanol–water partition coefficient (Wildman–Crippen LogP) is 1.61. The maximum atomic E-state index is 14.2. The number of H-pyrrole nitrogens is 2. The van der Waals surface area contributed by atoms with Crippen LogP contribution in [0, 0.1) is 5.82 Å². The lowest BCUT2D eigenvalue weighted by atomic mass is 10.1. The smallest absolute Gasteiger partial charge is 0.340 e. The molecule has 1 aliphatic rings. The molecule has 2 aromatic heterocycles. The summed E-state index contributed by atoms with van der Waals surface area (Å²) in [6.45, 7) is 1.55. The normalized spacial score (nSPS) is 17.0. The van der Waals surface area contributed by atoms with Crippen molar-refractivity contribution in [3.05, 3.63) is 40.6 Å². The summed E-state index contributed by atoms with van der Waals surface area (Å²) in [7, 11) is 0. The van der Waals surface area contributed by atoms with E-state index in [9.17, 15) is 9.18 Å². The third-order valence-electron chi connectivity index (χ3n) is 3.81. The van der Waals surface area contributed by atoms with Gasteiger partial charge in [-0.15, -0.1) is 12.4 Å². The van der Waals surface area contributed by atoms with E-state index >= 15 is 0 Å². The number of ether oxygens (including phenoxy) is 1. The molecule has 9 heteroatoms. The van der Waals surface area contributed by atoms with Gasteiger partial charge in [-0.05, 0) is 30.5 Å². The van der Waals surface area contributed by atoms with Crippen LogP contribution in [0.1, 0.15) is 6.42 Å². The van der Waals surface area contributed by atoms with E-state index in [1.54, 1.807) is 18.2 Å². The number of hydrogen-bond donors (Lipinski definition) is 3. The summed E-state index contributed by atoms with van der Waals surface area (Å²) in [5, 5.41) is 10.3. The van der Waals surface area contributed by atoms with Crippen LogP contribution < -0.4 is 15.7 Å². The monoisotopic (exact) mass is 351 g/mol. The van der Waals surface area contributed by atoms with Crippen LogP contribution in [0.3, 0.4) is 0 Å². The summed E-state index contributed by atoms with van der Waals surface area (Å²) in [5.74, 6) is 0.113. The van der Waals surface area contributed by atoms with Crippen LogP contribution in [0.5, 0.6) is 5.88 Å². The first-order chi connectivity index (χ1) is 11.2. The zero-order chi connectivity index (χ0) is 15.8. The van der Waals surface area contributed by atoms with Gasteiger partial charge < -0.3 is 10.1 Å². The first-order valence-corrected chi connectivity index (χ1v) is 7.32. The third kappa shape index (κ3) is 2.98. The molecular weight excluding hydrogens is 337 g/mol. The minimum atomic E-state index is -0.427. The zero-order valence-electron chi connectivity index (χ0n) is 12.5. The quantitative estimate of drug-likeness (QED) is 0.666. The Labute approximate surface area is 142 Å². The van der Waals surface area contributed by atoms with Crippen molar-refractivity contribution in [2.24, 2.45) is 0 Å². The zero-order valence-corrected chi connectivity index (χ0v) is 13.3. The molecule has 24 heavy (non-hydrogen) atoms. The molecule has 0 saturated carbocycles. The Kier molecular flexibility index (Phi) is 4.50. The SMILES string of the molecule is Cl.O=c1[nH]nc(-c2cc3cccc(F)c3c(OC3CCNC3)n2)[nH]1. The van der Waals surface area contributed by atoms with E-state index in [4.69, 9.17) is 4.74 Å². The summed E-state index contributed by atoms with van der Waals surface area (Å²) in [4.78, 5) is 18.2. The molecule has 1 aliphatic heterocycles. The van der Waals surface area contributed by atoms with Crippen molar-refractivity contribution in [3.63, 3.8) is 0 Å². The van der Waals surface area contributed by atoms with Gasteiger partial charge in [-0.25, -0.2) is 19.3 Å². The fourth-order valence-electron chi connectivity index (χ4n) is 2.72. The molecule has 1 unspecified atom stereocenters. The number of aromatic amines is 2. The number of fused-ring (bicyclic) bond motifs is 1. The summed E-state index contributed by atoms with van der Waals surface area (Å²) in [6.07, 6.45) is 0.778. The maximum Gasteiger partial charge on any atom is 0.340 e. The molecule has 0 amide bonds. The minimum absolute atomic E-state index is 0. The third-order valence-corrected chi connectivity index (χ3v) is 3.81. The number of hydrogen-bond acceptors (Lipinski definition) is 5. The van der Waals surface area contributed by atoms with Gasteiger partial charge in [0, 0.05) is 6.54 Å². The molecule has 7 nitrogen and oxygen atoms in total. The predicted molar refractivity (Wildman–Crippen MR) is 89.1 cm³/mol. The van der Waals surface area contributed by atoms with Crippen LogP contribution >= 0.6 is 12.4 Å². The Bertz CT molecular complexity index is 920. The van der Waals surface area contributed by atoms with E-state index < -0.39 is 11.5 Å². The topological polar surface area (TPSA) is 95.7 Å². The largest absolute Gasteiger partial charge is 0.472 e. The van der Waals surface area contributed by atoms with E-state index in [1.165, 1.54) is 6.07 Å². The Hall–Kier alpha value is -2.45. The standard InChI is InChI=1S/C15H14FN5O2.ClH/c16-10-3-1-2-8-6-11(13-19-15(22)21-20-13)18-14(12(8)10)23-9-4-5-17-7-9;/h1-3,6,9,17H,4-5,7H2,(H2,19,20,21,22);1H. The highest BCUT2D eigenvalue weighted by atomic mass is 35.5. The van der Waals surface area contributed by atoms with Crippen molar-refractivity contribution in [2.75, 3.05) is 13.1 Å². The Morgan fingerprint density at radius 2 is 2.21 bits per heavy atom. The molecule has 0 bridgehead atoms. The van der Waals surface area contributed by atoms with E-state index in [0.29, 0.717) is 23.0 Å². The Morgan fingerprint density at radius 1 is 1.33 bits per heavy atom.